The van der Waals surface area contributed by atoms with E-state index in [0.717, 1.165) is 12.0 Å². The first-order valence-corrected chi connectivity index (χ1v) is 6.10. The van der Waals surface area contributed by atoms with Crippen LogP contribution in [0.5, 0.6) is 0 Å². The molecule has 1 aromatic rings. The highest BCUT2D eigenvalue weighted by atomic mass is 35.5. The molecule has 0 atom stereocenters. The molecule has 0 radical (unpaired) electrons. The molecule has 1 saturated heterocycles. The van der Waals surface area contributed by atoms with Crippen LogP contribution in [0.25, 0.3) is 0 Å². The van der Waals surface area contributed by atoms with Gasteiger partial charge in [0.05, 0.1) is 13.2 Å². The number of alkyl halides is 1. The molecule has 0 saturated carbocycles. The molecule has 1 aromatic carbocycles. The third-order valence-electron chi connectivity index (χ3n) is 3.15. The van der Waals surface area contributed by atoms with Crippen molar-refractivity contribution in [2.75, 3.05) is 19.1 Å². The average Bonchev–Trinajstić information content (AvgIpc) is 2.18. The summed E-state index contributed by atoms with van der Waals surface area (Å²) >= 11 is 11.9. The number of aryl methyl sites for hydroxylation is 1. The lowest BCUT2D eigenvalue weighted by Gasteiger charge is -2.42. The molecule has 0 spiro atoms. The summed E-state index contributed by atoms with van der Waals surface area (Å²) in [4.78, 5) is 0. The normalized spacial score (nSPS) is 18.2. The minimum Gasteiger partial charge on any atom is -0.379 e. The van der Waals surface area contributed by atoms with Crippen LogP contribution in [0.2, 0.25) is 5.02 Å². The van der Waals surface area contributed by atoms with Gasteiger partial charge in [-0.15, -0.1) is 11.6 Å². The van der Waals surface area contributed by atoms with Gasteiger partial charge in [-0.1, -0.05) is 11.6 Å². The lowest BCUT2D eigenvalue weighted by molar-refractivity contribution is -0.0616. The quantitative estimate of drug-likeness (QED) is 0.756. The highest BCUT2D eigenvalue weighted by Gasteiger charge is 2.41. The van der Waals surface area contributed by atoms with Crippen molar-refractivity contribution in [2.45, 2.75) is 18.8 Å². The highest BCUT2D eigenvalue weighted by molar-refractivity contribution is 6.31. The third-order valence-corrected chi connectivity index (χ3v) is 3.65. The van der Waals surface area contributed by atoms with Crippen molar-refractivity contribution in [3.63, 3.8) is 0 Å². The van der Waals surface area contributed by atoms with Gasteiger partial charge < -0.3 is 4.74 Å². The van der Waals surface area contributed by atoms with Crippen molar-refractivity contribution in [1.82, 2.24) is 0 Å². The largest absolute Gasteiger partial charge is 0.379 e. The fourth-order valence-corrected chi connectivity index (χ4v) is 2.80. The predicted octanol–water partition coefficient (Wildman–Crippen LogP) is 3.68. The Kier molecular flexibility index (Phi) is 3.43. The number of benzene rings is 1. The van der Waals surface area contributed by atoms with E-state index in [4.69, 9.17) is 27.9 Å². The summed E-state index contributed by atoms with van der Waals surface area (Å²) in [7, 11) is 0. The van der Waals surface area contributed by atoms with Gasteiger partial charge in [0.15, 0.2) is 0 Å². The molecule has 0 unspecified atom stereocenters. The standard InChI is InChI=1S/C12H13Cl2FO/c1-8-4-10(14)9(5-11(8)15)12(2-3-13)6-16-7-12/h4-5H,2-3,6-7H2,1H3. The number of ether oxygens (including phenoxy) is 1. The molecular weight excluding hydrogens is 250 g/mol. The van der Waals surface area contributed by atoms with E-state index in [1.54, 1.807) is 13.0 Å². The van der Waals surface area contributed by atoms with Crippen LogP contribution in [0.3, 0.4) is 0 Å². The highest BCUT2D eigenvalue weighted by Crippen LogP contribution is 2.40. The summed E-state index contributed by atoms with van der Waals surface area (Å²) in [5, 5.41) is 0.604. The Hall–Kier alpha value is -0.310. The first kappa shape index (κ1) is 12.2. The van der Waals surface area contributed by atoms with Crippen LogP contribution in [0, 0.1) is 12.7 Å². The van der Waals surface area contributed by atoms with Gasteiger partial charge in [0.1, 0.15) is 5.82 Å². The van der Waals surface area contributed by atoms with Gasteiger partial charge in [-0.3, -0.25) is 0 Å². The van der Waals surface area contributed by atoms with Crippen molar-refractivity contribution in [3.05, 3.63) is 34.1 Å². The van der Waals surface area contributed by atoms with Crippen molar-refractivity contribution in [3.8, 4) is 0 Å². The van der Waals surface area contributed by atoms with E-state index in [0.29, 0.717) is 29.7 Å². The Morgan fingerprint density at radius 2 is 2.12 bits per heavy atom. The molecular formula is C12H13Cl2FO. The molecule has 16 heavy (non-hydrogen) atoms. The molecule has 0 amide bonds. The second-order valence-electron chi connectivity index (χ2n) is 4.29. The van der Waals surface area contributed by atoms with Crippen LogP contribution in [0.1, 0.15) is 17.5 Å². The fraction of sp³-hybridized carbons (Fsp3) is 0.500. The van der Waals surface area contributed by atoms with Gasteiger partial charge in [0, 0.05) is 16.3 Å². The van der Waals surface area contributed by atoms with Crippen LogP contribution < -0.4 is 0 Å². The Morgan fingerprint density at radius 1 is 1.44 bits per heavy atom. The summed E-state index contributed by atoms with van der Waals surface area (Å²) in [5.74, 6) is 0.301. The minimum atomic E-state index is -0.222. The zero-order valence-electron chi connectivity index (χ0n) is 9.03. The van der Waals surface area contributed by atoms with Gasteiger partial charge >= 0.3 is 0 Å². The monoisotopic (exact) mass is 262 g/mol. The molecule has 1 heterocycles. The number of hydrogen-bond acceptors (Lipinski definition) is 1. The topological polar surface area (TPSA) is 9.23 Å². The summed E-state index contributed by atoms with van der Waals surface area (Å²) in [5.41, 5.74) is 1.20. The molecule has 0 N–H and O–H groups in total. The van der Waals surface area contributed by atoms with E-state index in [1.165, 1.54) is 6.07 Å². The van der Waals surface area contributed by atoms with Crippen molar-refractivity contribution < 1.29 is 9.13 Å². The fourth-order valence-electron chi connectivity index (χ4n) is 2.02. The van der Waals surface area contributed by atoms with E-state index in [-0.39, 0.29) is 11.2 Å². The summed E-state index contributed by atoms with van der Waals surface area (Å²) in [6.45, 7) is 2.85. The van der Waals surface area contributed by atoms with E-state index in [2.05, 4.69) is 0 Å². The maximum Gasteiger partial charge on any atom is 0.126 e. The van der Waals surface area contributed by atoms with Crippen LogP contribution in [0.15, 0.2) is 12.1 Å². The second kappa shape index (κ2) is 4.52. The second-order valence-corrected chi connectivity index (χ2v) is 5.08. The smallest absolute Gasteiger partial charge is 0.126 e. The molecule has 0 bridgehead atoms. The zero-order chi connectivity index (χ0) is 11.8. The van der Waals surface area contributed by atoms with Crippen molar-refractivity contribution in [1.29, 1.82) is 0 Å². The molecule has 1 nitrogen and oxygen atoms in total. The molecule has 2 rings (SSSR count). The summed E-state index contributed by atoms with van der Waals surface area (Å²) in [6.07, 6.45) is 0.761. The van der Waals surface area contributed by atoms with Crippen molar-refractivity contribution >= 4 is 23.2 Å². The Balaban J connectivity index is 2.42. The maximum absolute atomic E-state index is 13.6. The Bertz CT molecular complexity index is 402. The molecule has 4 heteroatoms. The molecule has 0 aromatic heterocycles. The molecule has 0 aliphatic carbocycles. The SMILES string of the molecule is Cc1cc(Cl)c(C2(CCCl)COC2)cc1F. The summed E-state index contributed by atoms with van der Waals surface area (Å²) < 4.78 is 18.8. The first-order chi connectivity index (χ1) is 7.59. The minimum absolute atomic E-state index is 0.187. The van der Waals surface area contributed by atoms with Gasteiger partial charge in [-0.25, -0.2) is 4.39 Å². The van der Waals surface area contributed by atoms with Crippen LogP contribution in [-0.4, -0.2) is 19.1 Å². The predicted molar refractivity (Wildman–Crippen MR) is 64.0 cm³/mol. The number of halogens is 3. The summed E-state index contributed by atoms with van der Waals surface area (Å²) in [6, 6.07) is 3.19. The molecule has 1 aliphatic rings. The number of hydrogen-bond donors (Lipinski definition) is 0. The lowest BCUT2D eigenvalue weighted by Crippen LogP contribution is -2.47. The maximum atomic E-state index is 13.6. The van der Waals surface area contributed by atoms with Crippen molar-refractivity contribution in [2.24, 2.45) is 0 Å². The average molecular weight is 263 g/mol. The van der Waals surface area contributed by atoms with Crippen LogP contribution in [-0.2, 0) is 10.2 Å². The van der Waals surface area contributed by atoms with Gasteiger partial charge in [0.2, 0.25) is 0 Å². The third kappa shape index (κ3) is 1.94. The van der Waals surface area contributed by atoms with Crippen LogP contribution in [0.4, 0.5) is 4.39 Å². The zero-order valence-corrected chi connectivity index (χ0v) is 10.5. The van der Waals surface area contributed by atoms with Gasteiger partial charge in [-0.2, -0.15) is 0 Å². The lowest BCUT2D eigenvalue weighted by atomic mass is 9.76. The van der Waals surface area contributed by atoms with E-state index in [1.807, 2.05) is 0 Å². The van der Waals surface area contributed by atoms with E-state index < -0.39 is 0 Å². The van der Waals surface area contributed by atoms with Gasteiger partial charge in [-0.05, 0) is 36.6 Å². The Labute approximate surface area is 105 Å². The molecule has 1 fully saturated rings. The Morgan fingerprint density at radius 3 is 2.62 bits per heavy atom. The van der Waals surface area contributed by atoms with Crippen LogP contribution >= 0.6 is 23.2 Å². The molecule has 88 valence electrons. The molecule has 1 aliphatic heterocycles. The number of rotatable bonds is 3. The van der Waals surface area contributed by atoms with Gasteiger partial charge in [0.25, 0.3) is 0 Å². The van der Waals surface area contributed by atoms with E-state index >= 15 is 0 Å². The first-order valence-electron chi connectivity index (χ1n) is 5.19. The van der Waals surface area contributed by atoms with E-state index in [9.17, 15) is 4.39 Å².